The topological polar surface area (TPSA) is 48.6 Å². The molecule has 16 heavy (non-hydrogen) atoms. The third-order valence-corrected chi connectivity index (χ3v) is 2.97. The fourth-order valence-corrected chi connectivity index (χ4v) is 2.37. The van der Waals surface area contributed by atoms with Gasteiger partial charge in [-0.05, 0) is 37.1 Å². The Morgan fingerprint density at radius 3 is 2.81 bits per heavy atom. The van der Waals surface area contributed by atoms with Crippen LogP contribution in [0.1, 0.15) is 11.1 Å². The second-order valence-corrected chi connectivity index (χ2v) is 4.22. The number of aryl methyl sites for hydroxylation is 2. The summed E-state index contributed by atoms with van der Waals surface area (Å²) in [4.78, 5) is 17.5. The second-order valence-electron chi connectivity index (χ2n) is 4.22. The van der Waals surface area contributed by atoms with Gasteiger partial charge in [0.2, 0.25) is 0 Å². The van der Waals surface area contributed by atoms with Gasteiger partial charge in [-0.3, -0.25) is 4.79 Å². The van der Waals surface area contributed by atoms with Crippen molar-refractivity contribution in [2.24, 2.45) is 0 Å². The van der Waals surface area contributed by atoms with Crippen LogP contribution < -0.4 is 5.56 Å². The van der Waals surface area contributed by atoms with Gasteiger partial charge in [-0.15, -0.1) is 0 Å². The van der Waals surface area contributed by atoms with Gasteiger partial charge >= 0.3 is 0 Å². The molecule has 0 spiro atoms. The summed E-state index contributed by atoms with van der Waals surface area (Å²) in [6, 6.07) is 6.15. The number of pyridine rings is 1. The molecule has 80 valence electrons. The minimum absolute atomic E-state index is 0.0641. The number of rotatable bonds is 0. The highest BCUT2D eigenvalue weighted by Crippen LogP contribution is 2.26. The van der Waals surface area contributed by atoms with Crippen molar-refractivity contribution in [1.82, 2.24) is 9.97 Å². The predicted octanol–water partition coefficient (Wildman–Crippen LogP) is 2.63. The lowest BCUT2D eigenvalue weighted by molar-refractivity contribution is 1.26. The first-order valence-corrected chi connectivity index (χ1v) is 5.27. The number of H-pyrrole nitrogens is 2. The summed E-state index contributed by atoms with van der Waals surface area (Å²) in [5.74, 6) is 0. The lowest BCUT2D eigenvalue weighted by Gasteiger charge is -1.99. The lowest BCUT2D eigenvalue weighted by atomic mass is 10.1. The average Bonchev–Trinajstić information content (AvgIpc) is 2.57. The molecular formula is C13H12N2O. The molecule has 0 unspecified atom stereocenters. The van der Waals surface area contributed by atoms with Crippen LogP contribution in [0.4, 0.5) is 0 Å². The normalized spacial score (nSPS) is 11.4. The number of nitrogens with one attached hydrogen (secondary N) is 2. The van der Waals surface area contributed by atoms with Crippen LogP contribution in [0.15, 0.2) is 29.2 Å². The molecule has 3 aromatic rings. The van der Waals surface area contributed by atoms with Crippen LogP contribution in [-0.2, 0) is 0 Å². The summed E-state index contributed by atoms with van der Waals surface area (Å²) in [5, 5.41) is 2.14. The van der Waals surface area contributed by atoms with Crippen molar-refractivity contribution >= 4 is 21.8 Å². The highest BCUT2D eigenvalue weighted by atomic mass is 16.1. The van der Waals surface area contributed by atoms with Crippen molar-refractivity contribution in [2.75, 3.05) is 0 Å². The van der Waals surface area contributed by atoms with Crippen molar-refractivity contribution in [1.29, 1.82) is 0 Å². The van der Waals surface area contributed by atoms with E-state index in [0.717, 1.165) is 16.3 Å². The fraction of sp³-hybridized carbons (Fsp3) is 0.154. The summed E-state index contributed by atoms with van der Waals surface area (Å²) in [5.41, 5.74) is 4.03. The monoisotopic (exact) mass is 212 g/mol. The number of aromatic amines is 2. The predicted molar refractivity (Wildman–Crippen MR) is 65.9 cm³/mol. The van der Waals surface area contributed by atoms with Crippen molar-refractivity contribution in [3.63, 3.8) is 0 Å². The van der Waals surface area contributed by atoms with Crippen molar-refractivity contribution < 1.29 is 0 Å². The van der Waals surface area contributed by atoms with E-state index in [9.17, 15) is 4.79 Å². The number of aromatic nitrogens is 2. The van der Waals surface area contributed by atoms with E-state index >= 15 is 0 Å². The minimum Gasteiger partial charge on any atom is -0.350 e. The van der Waals surface area contributed by atoms with Crippen LogP contribution in [0.2, 0.25) is 0 Å². The van der Waals surface area contributed by atoms with Gasteiger partial charge in [0, 0.05) is 22.5 Å². The maximum atomic E-state index is 11.7. The molecule has 3 rings (SSSR count). The van der Waals surface area contributed by atoms with E-state index in [2.05, 4.69) is 35.9 Å². The van der Waals surface area contributed by atoms with Crippen molar-refractivity contribution in [3.8, 4) is 0 Å². The van der Waals surface area contributed by atoms with Gasteiger partial charge in [0.1, 0.15) is 5.52 Å². The zero-order chi connectivity index (χ0) is 11.3. The Hall–Kier alpha value is -2.03. The minimum atomic E-state index is -0.0641. The van der Waals surface area contributed by atoms with E-state index in [0.29, 0.717) is 5.52 Å². The van der Waals surface area contributed by atoms with Crippen LogP contribution in [0, 0.1) is 13.8 Å². The molecule has 0 amide bonds. The number of benzene rings is 1. The molecule has 3 heteroatoms. The van der Waals surface area contributed by atoms with Crippen molar-refractivity contribution in [2.45, 2.75) is 13.8 Å². The largest absolute Gasteiger partial charge is 0.350 e. The Labute approximate surface area is 92.1 Å². The van der Waals surface area contributed by atoms with E-state index in [1.165, 1.54) is 11.1 Å². The van der Waals surface area contributed by atoms with Crippen molar-refractivity contribution in [3.05, 3.63) is 45.9 Å². The molecule has 0 aliphatic heterocycles. The first kappa shape index (κ1) is 9.21. The van der Waals surface area contributed by atoms with Gasteiger partial charge in [0.05, 0.1) is 0 Å². The van der Waals surface area contributed by atoms with Gasteiger partial charge < -0.3 is 9.97 Å². The quantitative estimate of drug-likeness (QED) is 0.591. The Morgan fingerprint density at radius 2 is 2.00 bits per heavy atom. The molecule has 0 saturated heterocycles. The highest BCUT2D eigenvalue weighted by molar-refractivity contribution is 6.08. The summed E-state index contributed by atoms with van der Waals surface area (Å²) in [6.07, 6.45) is 1.69. The van der Waals surface area contributed by atoms with E-state index in [-0.39, 0.29) is 5.56 Å². The van der Waals surface area contributed by atoms with Gasteiger partial charge in [-0.25, -0.2) is 0 Å². The number of fused-ring (bicyclic) bond motifs is 3. The lowest BCUT2D eigenvalue weighted by Crippen LogP contribution is -2.03. The molecule has 0 aliphatic carbocycles. The Morgan fingerprint density at radius 1 is 1.19 bits per heavy atom. The van der Waals surface area contributed by atoms with Crippen LogP contribution >= 0.6 is 0 Å². The smallest absolute Gasteiger partial charge is 0.272 e. The molecule has 0 radical (unpaired) electrons. The second kappa shape index (κ2) is 2.98. The Bertz CT molecular complexity index is 750. The van der Waals surface area contributed by atoms with Crippen LogP contribution in [0.3, 0.4) is 0 Å². The van der Waals surface area contributed by atoms with E-state index in [1.807, 2.05) is 6.07 Å². The zero-order valence-electron chi connectivity index (χ0n) is 9.22. The standard InChI is InChI=1S/C13H12N2O/c1-7-5-8(2)11-9-3-4-14-13(16)12(9)15-10(11)6-7/h3-6,15H,1-2H3,(H,14,16). The maximum Gasteiger partial charge on any atom is 0.272 e. The first-order chi connectivity index (χ1) is 7.66. The van der Waals surface area contributed by atoms with Gasteiger partial charge in [-0.2, -0.15) is 0 Å². The van der Waals surface area contributed by atoms with Gasteiger partial charge in [-0.1, -0.05) is 6.07 Å². The molecule has 1 aromatic carbocycles. The Balaban J connectivity index is 2.67. The summed E-state index contributed by atoms with van der Waals surface area (Å²) in [7, 11) is 0. The average molecular weight is 212 g/mol. The van der Waals surface area contributed by atoms with Gasteiger partial charge in [0.15, 0.2) is 0 Å². The summed E-state index contributed by atoms with van der Waals surface area (Å²) in [6.45, 7) is 4.13. The van der Waals surface area contributed by atoms with Gasteiger partial charge in [0.25, 0.3) is 5.56 Å². The number of hydrogen-bond donors (Lipinski definition) is 2. The summed E-state index contributed by atoms with van der Waals surface area (Å²) >= 11 is 0. The zero-order valence-corrected chi connectivity index (χ0v) is 9.22. The van der Waals surface area contributed by atoms with E-state index < -0.39 is 0 Å². The first-order valence-electron chi connectivity index (χ1n) is 5.27. The molecule has 0 saturated carbocycles. The molecule has 0 fully saturated rings. The molecule has 2 N–H and O–H groups in total. The van der Waals surface area contributed by atoms with E-state index in [1.54, 1.807) is 6.20 Å². The third-order valence-electron chi connectivity index (χ3n) is 2.97. The highest BCUT2D eigenvalue weighted by Gasteiger charge is 2.08. The Kier molecular flexibility index (Phi) is 1.72. The molecule has 2 heterocycles. The van der Waals surface area contributed by atoms with Crippen LogP contribution in [0.25, 0.3) is 21.8 Å². The molecule has 3 nitrogen and oxygen atoms in total. The molecule has 0 aliphatic rings. The summed E-state index contributed by atoms with van der Waals surface area (Å²) < 4.78 is 0. The van der Waals surface area contributed by atoms with Crippen LogP contribution in [-0.4, -0.2) is 9.97 Å². The molecule has 2 aromatic heterocycles. The molecule has 0 atom stereocenters. The third kappa shape index (κ3) is 1.11. The fourth-order valence-electron chi connectivity index (χ4n) is 2.37. The number of hydrogen-bond acceptors (Lipinski definition) is 1. The maximum absolute atomic E-state index is 11.7. The van der Waals surface area contributed by atoms with Crippen LogP contribution in [0.5, 0.6) is 0 Å². The van der Waals surface area contributed by atoms with E-state index in [4.69, 9.17) is 0 Å². The molecular weight excluding hydrogens is 200 g/mol. The molecule has 0 bridgehead atoms. The SMILES string of the molecule is Cc1cc(C)c2c(c1)[nH]c1c(=O)[nH]ccc12.